The zero-order valence-electron chi connectivity index (χ0n) is 16.7. The molecule has 7 nitrogen and oxygen atoms in total. The number of benzene rings is 1. The van der Waals surface area contributed by atoms with Crippen molar-refractivity contribution in [3.63, 3.8) is 0 Å². The smallest absolute Gasteiger partial charge is 0.338 e. The molecule has 2 atom stereocenters. The van der Waals surface area contributed by atoms with Gasteiger partial charge in [-0.1, -0.05) is 0 Å². The summed E-state index contributed by atoms with van der Waals surface area (Å²) in [6.07, 6.45) is 5.60. The molecule has 1 aromatic carbocycles. The third-order valence-electron chi connectivity index (χ3n) is 5.60. The Labute approximate surface area is 166 Å². The summed E-state index contributed by atoms with van der Waals surface area (Å²) in [7, 11) is -3.35. The summed E-state index contributed by atoms with van der Waals surface area (Å²) in [6, 6.07) is 5.18. The minimum Gasteiger partial charge on any atom is -0.452 e. The van der Waals surface area contributed by atoms with Gasteiger partial charge in [-0.3, -0.25) is 9.10 Å². The van der Waals surface area contributed by atoms with E-state index in [9.17, 15) is 18.0 Å². The quantitative estimate of drug-likeness (QED) is 0.714. The number of carbonyl (C=O) groups excluding carboxylic acids is 2. The van der Waals surface area contributed by atoms with Crippen LogP contribution in [-0.4, -0.2) is 56.7 Å². The van der Waals surface area contributed by atoms with Crippen LogP contribution < -0.4 is 4.31 Å². The Kier molecular flexibility index (Phi) is 5.98. The first-order valence-electron chi connectivity index (χ1n) is 9.77. The van der Waals surface area contributed by atoms with Crippen molar-refractivity contribution in [3.05, 3.63) is 29.3 Å². The van der Waals surface area contributed by atoms with Gasteiger partial charge in [-0.25, -0.2) is 13.2 Å². The number of anilines is 1. The summed E-state index contributed by atoms with van der Waals surface area (Å²) >= 11 is 0. The van der Waals surface area contributed by atoms with E-state index in [-0.39, 0.29) is 24.6 Å². The largest absolute Gasteiger partial charge is 0.452 e. The van der Waals surface area contributed by atoms with Crippen LogP contribution in [0.5, 0.6) is 0 Å². The maximum absolute atomic E-state index is 12.5. The molecule has 0 spiro atoms. The molecule has 0 aliphatic carbocycles. The Bertz CT molecular complexity index is 857. The van der Waals surface area contributed by atoms with E-state index in [4.69, 9.17) is 4.74 Å². The molecule has 2 heterocycles. The van der Waals surface area contributed by atoms with Crippen LogP contribution in [0.2, 0.25) is 0 Å². The van der Waals surface area contributed by atoms with E-state index in [1.165, 1.54) is 10.6 Å². The molecule has 0 bridgehead atoms. The lowest BCUT2D eigenvalue weighted by Gasteiger charge is -2.38. The molecule has 1 amide bonds. The standard InChI is InChI=1S/C20H28N2O5S/c1-14-6-4-7-15(2)22(14)19(23)13-27-20(24)17-9-10-18-16(12-17)8-5-11-21(18)28(3,25)26/h9-10,12,14-15H,4-8,11,13H2,1-3H3/t14-,15-/m0/s1. The SMILES string of the molecule is C[C@H]1CCC[C@H](C)N1C(=O)COC(=O)c1ccc2c(c1)CCCN2S(C)(=O)=O. The molecule has 0 radical (unpaired) electrons. The number of hydrogen-bond acceptors (Lipinski definition) is 5. The number of amides is 1. The van der Waals surface area contributed by atoms with Crippen LogP contribution in [0.15, 0.2) is 18.2 Å². The minimum atomic E-state index is -3.35. The topological polar surface area (TPSA) is 84.0 Å². The third kappa shape index (κ3) is 4.32. The van der Waals surface area contributed by atoms with E-state index in [0.717, 1.165) is 24.8 Å². The van der Waals surface area contributed by atoms with Gasteiger partial charge in [0.15, 0.2) is 6.61 Å². The van der Waals surface area contributed by atoms with Gasteiger partial charge in [-0.2, -0.15) is 0 Å². The highest BCUT2D eigenvalue weighted by Crippen LogP contribution is 2.30. The molecule has 154 valence electrons. The molecular weight excluding hydrogens is 380 g/mol. The fourth-order valence-electron chi connectivity index (χ4n) is 4.23. The van der Waals surface area contributed by atoms with E-state index in [2.05, 4.69) is 0 Å². The maximum atomic E-state index is 12.5. The Hall–Kier alpha value is -2.09. The lowest BCUT2D eigenvalue weighted by Crippen LogP contribution is -2.49. The zero-order valence-corrected chi connectivity index (χ0v) is 17.5. The highest BCUT2D eigenvalue weighted by molar-refractivity contribution is 7.92. The molecule has 3 rings (SSSR count). The fourth-order valence-corrected chi connectivity index (χ4v) is 5.23. The van der Waals surface area contributed by atoms with Crippen LogP contribution in [-0.2, 0) is 26.0 Å². The summed E-state index contributed by atoms with van der Waals surface area (Å²) in [5, 5.41) is 0. The van der Waals surface area contributed by atoms with Crippen LogP contribution in [0.4, 0.5) is 5.69 Å². The Balaban J connectivity index is 1.68. The van der Waals surface area contributed by atoms with Crippen molar-refractivity contribution in [2.45, 2.75) is 58.0 Å². The van der Waals surface area contributed by atoms with Crippen LogP contribution in [0.25, 0.3) is 0 Å². The number of hydrogen-bond donors (Lipinski definition) is 0. The van der Waals surface area contributed by atoms with Crippen LogP contribution in [0, 0.1) is 0 Å². The fraction of sp³-hybridized carbons (Fsp3) is 0.600. The predicted molar refractivity (Wildman–Crippen MR) is 107 cm³/mol. The summed E-state index contributed by atoms with van der Waals surface area (Å²) in [6.45, 7) is 4.20. The summed E-state index contributed by atoms with van der Waals surface area (Å²) in [5.74, 6) is -0.737. The van der Waals surface area contributed by atoms with Crippen molar-refractivity contribution >= 4 is 27.6 Å². The van der Waals surface area contributed by atoms with Crippen LogP contribution >= 0.6 is 0 Å². The number of nitrogens with zero attached hydrogens (tertiary/aromatic N) is 2. The van der Waals surface area contributed by atoms with Crippen LogP contribution in [0.3, 0.4) is 0 Å². The van der Waals surface area contributed by atoms with E-state index in [1.807, 2.05) is 18.7 Å². The van der Waals surface area contributed by atoms with Crippen molar-refractivity contribution in [3.8, 4) is 0 Å². The predicted octanol–water partition coefficient (Wildman–Crippen LogP) is 2.35. The molecule has 0 saturated carbocycles. The number of sulfonamides is 1. The number of fused-ring (bicyclic) bond motifs is 1. The number of piperidine rings is 1. The number of rotatable bonds is 4. The van der Waals surface area contributed by atoms with Gasteiger partial charge in [0.25, 0.3) is 5.91 Å². The number of aryl methyl sites for hydroxylation is 1. The molecule has 0 unspecified atom stereocenters. The van der Waals surface area contributed by atoms with E-state index >= 15 is 0 Å². The molecule has 1 aromatic rings. The molecule has 2 aliphatic heterocycles. The molecule has 0 N–H and O–H groups in total. The molecule has 1 fully saturated rings. The normalized spacial score (nSPS) is 22.5. The van der Waals surface area contributed by atoms with E-state index in [0.29, 0.717) is 30.6 Å². The molecule has 28 heavy (non-hydrogen) atoms. The molecular formula is C20H28N2O5S. The van der Waals surface area contributed by atoms with Crippen molar-refractivity contribution in [2.24, 2.45) is 0 Å². The second kappa shape index (κ2) is 8.11. The van der Waals surface area contributed by atoms with Gasteiger partial charge in [0, 0.05) is 18.6 Å². The Morgan fingerprint density at radius 3 is 2.46 bits per heavy atom. The summed E-state index contributed by atoms with van der Waals surface area (Å²) in [4.78, 5) is 26.8. The Morgan fingerprint density at radius 2 is 1.82 bits per heavy atom. The zero-order chi connectivity index (χ0) is 20.5. The van der Waals surface area contributed by atoms with Gasteiger partial charge in [0.1, 0.15) is 0 Å². The van der Waals surface area contributed by atoms with E-state index in [1.54, 1.807) is 18.2 Å². The lowest BCUT2D eigenvalue weighted by atomic mass is 9.97. The Morgan fingerprint density at radius 1 is 1.14 bits per heavy atom. The van der Waals surface area contributed by atoms with E-state index < -0.39 is 16.0 Å². The van der Waals surface area contributed by atoms with Gasteiger partial charge in [0.2, 0.25) is 10.0 Å². The van der Waals surface area contributed by atoms with Gasteiger partial charge >= 0.3 is 5.97 Å². The van der Waals surface area contributed by atoms with Crippen molar-refractivity contribution in [1.29, 1.82) is 0 Å². The summed E-state index contributed by atoms with van der Waals surface area (Å²) < 4.78 is 30.5. The average Bonchev–Trinajstić information content (AvgIpc) is 2.64. The number of carbonyl (C=O) groups is 2. The molecule has 0 aromatic heterocycles. The summed E-state index contributed by atoms with van der Waals surface area (Å²) in [5.41, 5.74) is 1.75. The van der Waals surface area contributed by atoms with Gasteiger partial charge in [-0.05, 0) is 69.7 Å². The number of likely N-dealkylation sites (tertiary alicyclic amines) is 1. The lowest BCUT2D eigenvalue weighted by molar-refractivity contribution is -0.140. The molecule has 8 heteroatoms. The molecule has 2 aliphatic rings. The second-order valence-electron chi connectivity index (χ2n) is 7.79. The maximum Gasteiger partial charge on any atom is 0.338 e. The van der Waals surface area contributed by atoms with Gasteiger partial charge in [0.05, 0.1) is 17.5 Å². The van der Waals surface area contributed by atoms with Crippen molar-refractivity contribution < 1.29 is 22.7 Å². The average molecular weight is 409 g/mol. The van der Waals surface area contributed by atoms with Gasteiger partial charge in [-0.15, -0.1) is 0 Å². The highest BCUT2D eigenvalue weighted by atomic mass is 32.2. The van der Waals surface area contributed by atoms with Crippen LogP contribution in [0.1, 0.15) is 55.5 Å². The first-order chi connectivity index (χ1) is 13.2. The first-order valence-corrected chi connectivity index (χ1v) is 11.6. The first kappa shape index (κ1) is 20.6. The van der Waals surface area contributed by atoms with Crippen molar-refractivity contribution in [1.82, 2.24) is 4.90 Å². The second-order valence-corrected chi connectivity index (χ2v) is 9.70. The highest BCUT2D eigenvalue weighted by Gasteiger charge is 2.30. The minimum absolute atomic E-state index is 0.153. The monoisotopic (exact) mass is 408 g/mol. The molecule has 1 saturated heterocycles. The van der Waals surface area contributed by atoms with Crippen molar-refractivity contribution in [2.75, 3.05) is 23.7 Å². The number of ether oxygens (including phenoxy) is 1. The number of esters is 1. The third-order valence-corrected chi connectivity index (χ3v) is 6.78. The van der Waals surface area contributed by atoms with Gasteiger partial charge < -0.3 is 9.64 Å².